The van der Waals surface area contributed by atoms with E-state index in [1.165, 1.54) is 0 Å². The molecule has 0 aromatic carbocycles. The van der Waals surface area contributed by atoms with Crippen LogP contribution in [-0.4, -0.2) is 55.1 Å². The second kappa shape index (κ2) is 8.71. The number of aliphatic hydroxyl groups is 1. The van der Waals surface area contributed by atoms with Gasteiger partial charge in [-0.3, -0.25) is 0 Å². The molecule has 0 aliphatic rings. The number of carboxylic acids is 1. The van der Waals surface area contributed by atoms with Crippen LogP contribution in [-0.2, 0) is 9.53 Å². The summed E-state index contributed by atoms with van der Waals surface area (Å²) in [6, 6.07) is -1.63. The molecule has 0 saturated carbocycles. The van der Waals surface area contributed by atoms with Crippen LogP contribution < -0.4 is 10.6 Å². The first-order valence-corrected chi connectivity index (χ1v) is 6.19. The fraction of sp³-hybridized carbons (Fsp3) is 0.833. The van der Waals surface area contributed by atoms with E-state index in [2.05, 4.69) is 10.6 Å². The molecule has 0 aromatic rings. The Kier molecular flexibility index (Phi) is 8.09. The number of amides is 2. The van der Waals surface area contributed by atoms with Gasteiger partial charge < -0.3 is 25.6 Å². The van der Waals surface area contributed by atoms with Gasteiger partial charge in [0.05, 0.1) is 0 Å². The van der Waals surface area contributed by atoms with E-state index in [0.717, 1.165) is 6.42 Å². The standard InChI is InChI=1S/C12H24N2O5/c1-12(2,5-7-19-3)8-13-11(18)14-9(4-6-15)10(16)17/h9,15H,4-8H2,1-3H3,(H,16,17)(H2,13,14,18)/t9-/m0/s1. The minimum absolute atomic E-state index is 0.0180. The molecule has 0 saturated heterocycles. The number of carboxylic acid groups (broad SMARTS) is 1. The van der Waals surface area contributed by atoms with E-state index >= 15 is 0 Å². The second-order valence-electron chi connectivity index (χ2n) is 5.14. The Labute approximate surface area is 113 Å². The SMILES string of the molecule is COCCC(C)(C)CNC(=O)N[C@@H](CCO)C(=O)O. The number of carbonyl (C=O) groups is 2. The lowest BCUT2D eigenvalue weighted by Gasteiger charge is -2.25. The van der Waals surface area contributed by atoms with Crippen molar-refractivity contribution in [3.63, 3.8) is 0 Å². The van der Waals surface area contributed by atoms with E-state index in [0.29, 0.717) is 13.2 Å². The van der Waals surface area contributed by atoms with Gasteiger partial charge in [0.25, 0.3) is 0 Å². The van der Waals surface area contributed by atoms with E-state index in [-0.39, 0.29) is 18.4 Å². The van der Waals surface area contributed by atoms with Crippen molar-refractivity contribution in [2.24, 2.45) is 5.41 Å². The molecule has 19 heavy (non-hydrogen) atoms. The summed E-state index contributed by atoms with van der Waals surface area (Å²) in [5, 5.41) is 22.5. The van der Waals surface area contributed by atoms with Crippen molar-refractivity contribution in [1.29, 1.82) is 0 Å². The Morgan fingerprint density at radius 3 is 2.47 bits per heavy atom. The van der Waals surface area contributed by atoms with Crippen molar-refractivity contribution in [2.75, 3.05) is 26.9 Å². The number of aliphatic hydroxyl groups excluding tert-OH is 1. The molecule has 0 aromatic heterocycles. The Morgan fingerprint density at radius 1 is 1.37 bits per heavy atom. The Balaban J connectivity index is 4.12. The summed E-state index contributed by atoms with van der Waals surface area (Å²) in [5.41, 5.74) is -0.136. The van der Waals surface area contributed by atoms with Crippen LogP contribution in [0.4, 0.5) is 4.79 Å². The molecular weight excluding hydrogens is 252 g/mol. The van der Waals surface area contributed by atoms with E-state index in [9.17, 15) is 9.59 Å². The molecule has 1 atom stereocenters. The average Bonchev–Trinajstić information content (AvgIpc) is 2.33. The molecule has 0 bridgehead atoms. The molecule has 0 fully saturated rings. The van der Waals surface area contributed by atoms with Gasteiger partial charge in [0.2, 0.25) is 0 Å². The highest BCUT2D eigenvalue weighted by molar-refractivity contribution is 5.82. The molecule has 112 valence electrons. The third kappa shape index (κ3) is 8.39. The molecule has 0 aliphatic heterocycles. The monoisotopic (exact) mass is 276 g/mol. The van der Waals surface area contributed by atoms with Crippen LogP contribution >= 0.6 is 0 Å². The van der Waals surface area contributed by atoms with Crippen molar-refractivity contribution >= 4 is 12.0 Å². The summed E-state index contributed by atoms with van der Waals surface area (Å²) in [6.07, 6.45) is 0.763. The van der Waals surface area contributed by atoms with E-state index in [4.69, 9.17) is 14.9 Å². The first-order valence-electron chi connectivity index (χ1n) is 6.19. The summed E-state index contributed by atoms with van der Waals surface area (Å²) in [6.45, 7) is 4.67. The predicted octanol–water partition coefficient (Wildman–Crippen LogP) is 0.184. The lowest BCUT2D eigenvalue weighted by molar-refractivity contribution is -0.139. The number of aliphatic carboxylic acids is 1. The number of nitrogens with one attached hydrogen (secondary N) is 2. The second-order valence-corrected chi connectivity index (χ2v) is 5.14. The van der Waals surface area contributed by atoms with Gasteiger partial charge in [-0.2, -0.15) is 0 Å². The number of carbonyl (C=O) groups excluding carboxylic acids is 1. The zero-order valence-electron chi connectivity index (χ0n) is 11.7. The van der Waals surface area contributed by atoms with Crippen LogP contribution in [0.1, 0.15) is 26.7 Å². The molecule has 2 amide bonds. The lowest BCUT2D eigenvalue weighted by Crippen LogP contribution is -2.48. The van der Waals surface area contributed by atoms with E-state index in [1.54, 1.807) is 7.11 Å². The number of hydrogen-bond acceptors (Lipinski definition) is 4. The topological polar surface area (TPSA) is 108 Å². The average molecular weight is 276 g/mol. The number of hydrogen-bond donors (Lipinski definition) is 4. The van der Waals surface area contributed by atoms with Crippen LogP contribution in [0.15, 0.2) is 0 Å². The maximum atomic E-state index is 11.6. The third-order valence-electron chi connectivity index (χ3n) is 2.73. The maximum absolute atomic E-state index is 11.6. The molecule has 7 nitrogen and oxygen atoms in total. The number of methoxy groups -OCH3 is 1. The molecule has 0 unspecified atom stereocenters. The van der Waals surface area contributed by atoms with Crippen LogP contribution in [0.25, 0.3) is 0 Å². The summed E-state index contributed by atoms with van der Waals surface area (Å²) in [4.78, 5) is 22.4. The predicted molar refractivity (Wildman–Crippen MR) is 69.9 cm³/mol. The van der Waals surface area contributed by atoms with Crippen LogP contribution in [0.5, 0.6) is 0 Å². The highest BCUT2D eigenvalue weighted by atomic mass is 16.5. The van der Waals surface area contributed by atoms with Gasteiger partial charge in [0, 0.05) is 33.3 Å². The van der Waals surface area contributed by atoms with Crippen LogP contribution in [0, 0.1) is 5.41 Å². The van der Waals surface area contributed by atoms with Crippen LogP contribution in [0.2, 0.25) is 0 Å². The highest BCUT2D eigenvalue weighted by Crippen LogP contribution is 2.18. The first kappa shape index (κ1) is 17.7. The molecule has 0 radical (unpaired) electrons. The first-order chi connectivity index (χ1) is 8.82. The minimum Gasteiger partial charge on any atom is -0.480 e. The van der Waals surface area contributed by atoms with Crippen molar-refractivity contribution in [2.45, 2.75) is 32.7 Å². The molecule has 0 aliphatic carbocycles. The number of rotatable bonds is 9. The third-order valence-corrected chi connectivity index (χ3v) is 2.73. The summed E-state index contributed by atoms with van der Waals surface area (Å²) in [5.74, 6) is -1.16. The van der Waals surface area contributed by atoms with Crippen molar-refractivity contribution in [3.8, 4) is 0 Å². The summed E-state index contributed by atoms with van der Waals surface area (Å²) < 4.78 is 4.98. The quantitative estimate of drug-likeness (QED) is 0.480. The largest absolute Gasteiger partial charge is 0.480 e. The Hall–Kier alpha value is -1.34. The van der Waals surface area contributed by atoms with Gasteiger partial charge in [0.15, 0.2) is 0 Å². The number of ether oxygens (including phenoxy) is 1. The number of urea groups is 1. The van der Waals surface area contributed by atoms with Crippen molar-refractivity contribution in [3.05, 3.63) is 0 Å². The zero-order valence-corrected chi connectivity index (χ0v) is 11.7. The molecule has 7 heteroatoms. The molecule has 0 heterocycles. The van der Waals surface area contributed by atoms with Crippen molar-refractivity contribution < 1.29 is 24.5 Å². The summed E-state index contributed by atoms with van der Waals surface area (Å²) in [7, 11) is 1.61. The van der Waals surface area contributed by atoms with Gasteiger partial charge in [-0.1, -0.05) is 13.8 Å². The fourth-order valence-corrected chi connectivity index (χ4v) is 1.38. The van der Waals surface area contributed by atoms with Crippen molar-refractivity contribution in [1.82, 2.24) is 10.6 Å². The summed E-state index contributed by atoms with van der Waals surface area (Å²) >= 11 is 0. The fourth-order valence-electron chi connectivity index (χ4n) is 1.38. The van der Waals surface area contributed by atoms with Gasteiger partial charge >= 0.3 is 12.0 Å². The highest BCUT2D eigenvalue weighted by Gasteiger charge is 2.22. The van der Waals surface area contributed by atoms with Gasteiger partial charge in [-0.15, -0.1) is 0 Å². The Bertz CT molecular complexity index is 294. The molecule has 4 N–H and O–H groups in total. The maximum Gasteiger partial charge on any atom is 0.326 e. The van der Waals surface area contributed by atoms with E-state index < -0.39 is 18.0 Å². The smallest absolute Gasteiger partial charge is 0.326 e. The van der Waals surface area contributed by atoms with Gasteiger partial charge in [0.1, 0.15) is 6.04 Å². The molecule has 0 rings (SSSR count). The Morgan fingerprint density at radius 2 is 2.00 bits per heavy atom. The van der Waals surface area contributed by atoms with Gasteiger partial charge in [-0.25, -0.2) is 9.59 Å². The normalized spacial score (nSPS) is 12.8. The molecule has 0 spiro atoms. The minimum atomic E-state index is -1.16. The van der Waals surface area contributed by atoms with Gasteiger partial charge in [-0.05, 0) is 11.8 Å². The molecular formula is C12H24N2O5. The van der Waals surface area contributed by atoms with Crippen LogP contribution in [0.3, 0.4) is 0 Å². The lowest BCUT2D eigenvalue weighted by atomic mass is 9.90. The zero-order chi connectivity index (χ0) is 14.9. The van der Waals surface area contributed by atoms with E-state index in [1.807, 2.05) is 13.8 Å².